The third-order valence-corrected chi connectivity index (χ3v) is 5.64. The molecular formula is C21H19BrCl2N4O3. The molecule has 0 aliphatic rings. The van der Waals surface area contributed by atoms with Crippen LogP contribution in [-0.4, -0.2) is 28.9 Å². The lowest BCUT2D eigenvalue weighted by atomic mass is 10.2. The average molecular weight is 526 g/mol. The molecule has 7 nitrogen and oxygen atoms in total. The largest absolute Gasteiger partial charge is 0.348 e. The van der Waals surface area contributed by atoms with Crippen molar-refractivity contribution in [3.8, 4) is 0 Å². The van der Waals surface area contributed by atoms with Crippen LogP contribution in [-0.2, 0) is 9.59 Å². The van der Waals surface area contributed by atoms with E-state index in [0.717, 1.165) is 17.3 Å². The number of anilines is 1. The van der Waals surface area contributed by atoms with Crippen LogP contribution in [0.3, 0.4) is 0 Å². The van der Waals surface area contributed by atoms with Gasteiger partial charge >= 0.3 is 11.8 Å². The second-order valence-electron chi connectivity index (χ2n) is 6.70. The van der Waals surface area contributed by atoms with E-state index in [0.29, 0.717) is 33.2 Å². The highest BCUT2D eigenvalue weighted by atomic mass is 79.9. The molecule has 10 heteroatoms. The van der Waals surface area contributed by atoms with Crippen molar-refractivity contribution in [1.29, 1.82) is 0 Å². The van der Waals surface area contributed by atoms with Gasteiger partial charge in [-0.1, -0.05) is 52.5 Å². The number of nitrogens with one attached hydrogen (secondary N) is 3. The van der Waals surface area contributed by atoms with Gasteiger partial charge in [0, 0.05) is 22.1 Å². The van der Waals surface area contributed by atoms with E-state index >= 15 is 0 Å². The van der Waals surface area contributed by atoms with Crippen LogP contribution in [0.4, 0.5) is 5.69 Å². The number of hydrogen-bond acceptors (Lipinski definition) is 3. The van der Waals surface area contributed by atoms with Gasteiger partial charge < -0.3 is 10.6 Å². The topological polar surface area (TPSA) is 92.2 Å². The average Bonchev–Trinajstić information content (AvgIpc) is 3.08. The minimum Gasteiger partial charge on any atom is -0.348 e. The van der Waals surface area contributed by atoms with Gasteiger partial charge in [0.05, 0.1) is 15.6 Å². The molecule has 0 fully saturated rings. The lowest BCUT2D eigenvalue weighted by Crippen LogP contribution is -2.40. The van der Waals surface area contributed by atoms with E-state index in [1.807, 2.05) is 6.92 Å². The Labute approximate surface area is 197 Å². The van der Waals surface area contributed by atoms with Crippen LogP contribution >= 0.6 is 39.1 Å². The number of fused-ring (bicyclic) bond motifs is 1. The third kappa shape index (κ3) is 5.58. The van der Waals surface area contributed by atoms with Gasteiger partial charge in [0.1, 0.15) is 5.69 Å². The molecule has 1 heterocycles. The fourth-order valence-corrected chi connectivity index (χ4v) is 3.53. The van der Waals surface area contributed by atoms with E-state index < -0.39 is 17.7 Å². The van der Waals surface area contributed by atoms with Crippen molar-refractivity contribution in [2.45, 2.75) is 19.8 Å². The molecular weight excluding hydrogens is 507 g/mol. The van der Waals surface area contributed by atoms with Gasteiger partial charge in [-0.15, -0.1) is 0 Å². The van der Waals surface area contributed by atoms with Crippen molar-refractivity contribution in [3.63, 3.8) is 0 Å². The molecule has 3 aromatic rings. The van der Waals surface area contributed by atoms with Crippen molar-refractivity contribution >= 4 is 73.4 Å². The maximum absolute atomic E-state index is 13.0. The van der Waals surface area contributed by atoms with Crippen LogP contribution in [0.5, 0.6) is 0 Å². The Kier molecular flexibility index (Phi) is 7.59. The molecule has 31 heavy (non-hydrogen) atoms. The van der Waals surface area contributed by atoms with E-state index in [-0.39, 0.29) is 5.69 Å². The first-order valence-corrected chi connectivity index (χ1v) is 11.0. The molecule has 2 aromatic carbocycles. The predicted molar refractivity (Wildman–Crippen MR) is 126 cm³/mol. The summed E-state index contributed by atoms with van der Waals surface area (Å²) in [6, 6.07) is 11.6. The molecule has 0 saturated carbocycles. The number of carbonyl (C=O) groups is 3. The first-order chi connectivity index (χ1) is 14.8. The summed E-state index contributed by atoms with van der Waals surface area (Å²) in [5.74, 6) is -2.15. The number of halogens is 3. The van der Waals surface area contributed by atoms with Gasteiger partial charge in [-0.3, -0.25) is 19.8 Å². The molecule has 162 valence electrons. The van der Waals surface area contributed by atoms with Gasteiger partial charge in [-0.2, -0.15) is 0 Å². The van der Waals surface area contributed by atoms with Crippen LogP contribution in [0.2, 0.25) is 10.0 Å². The van der Waals surface area contributed by atoms with Crippen molar-refractivity contribution in [2.24, 2.45) is 0 Å². The van der Waals surface area contributed by atoms with Crippen LogP contribution in [0, 0.1) is 0 Å². The first-order valence-electron chi connectivity index (χ1n) is 9.46. The molecule has 0 atom stereocenters. The highest BCUT2D eigenvalue weighted by Crippen LogP contribution is 2.27. The highest BCUT2D eigenvalue weighted by molar-refractivity contribution is 9.10. The van der Waals surface area contributed by atoms with E-state index in [1.54, 1.807) is 36.4 Å². The van der Waals surface area contributed by atoms with Crippen LogP contribution < -0.4 is 16.1 Å². The molecule has 1 aromatic heterocycles. The lowest BCUT2D eigenvalue weighted by molar-refractivity contribution is -0.136. The molecule has 0 radical (unpaired) electrons. The number of carbonyl (C=O) groups excluding carboxylic acids is 3. The van der Waals surface area contributed by atoms with Crippen LogP contribution in [0.15, 0.2) is 46.9 Å². The zero-order valence-corrected chi connectivity index (χ0v) is 19.6. The Balaban J connectivity index is 1.91. The fourth-order valence-electron chi connectivity index (χ4n) is 2.85. The van der Waals surface area contributed by atoms with Gasteiger partial charge in [0.2, 0.25) is 0 Å². The number of aromatic nitrogens is 1. The number of nitrogens with zero attached hydrogens (tertiary/aromatic N) is 1. The first kappa shape index (κ1) is 23.1. The zero-order chi connectivity index (χ0) is 22.5. The van der Waals surface area contributed by atoms with E-state index in [9.17, 15) is 14.4 Å². The van der Waals surface area contributed by atoms with Gasteiger partial charge in [-0.25, -0.2) is 4.68 Å². The molecule has 0 aliphatic carbocycles. The van der Waals surface area contributed by atoms with E-state index in [4.69, 9.17) is 23.2 Å². The zero-order valence-electron chi connectivity index (χ0n) is 16.5. The summed E-state index contributed by atoms with van der Waals surface area (Å²) in [6.45, 7) is 2.38. The number of benzene rings is 2. The van der Waals surface area contributed by atoms with Crippen molar-refractivity contribution in [1.82, 2.24) is 9.99 Å². The van der Waals surface area contributed by atoms with Gasteiger partial charge in [-0.05, 0) is 48.9 Å². The Morgan fingerprint density at radius 1 is 1.00 bits per heavy atom. The summed E-state index contributed by atoms with van der Waals surface area (Å²) in [6.07, 6.45) is 1.65. The Hall–Kier alpha value is -2.55. The molecule has 0 unspecified atom stereocenters. The fraction of sp³-hybridized carbons (Fsp3) is 0.190. The van der Waals surface area contributed by atoms with Gasteiger partial charge in [0.25, 0.3) is 5.91 Å². The second kappa shape index (κ2) is 10.2. The molecule has 3 amide bonds. The normalized spacial score (nSPS) is 10.7. The number of hydrogen-bond donors (Lipinski definition) is 3. The summed E-state index contributed by atoms with van der Waals surface area (Å²) in [4.78, 5) is 37.5. The summed E-state index contributed by atoms with van der Waals surface area (Å²) in [5.41, 5.74) is 3.63. The van der Waals surface area contributed by atoms with Crippen LogP contribution in [0.1, 0.15) is 30.3 Å². The molecule has 0 saturated heterocycles. The van der Waals surface area contributed by atoms with E-state index in [1.165, 1.54) is 10.7 Å². The Morgan fingerprint density at radius 3 is 2.48 bits per heavy atom. The second-order valence-corrected chi connectivity index (χ2v) is 8.43. The lowest BCUT2D eigenvalue weighted by Gasteiger charge is -2.13. The summed E-state index contributed by atoms with van der Waals surface area (Å²) in [7, 11) is 0. The predicted octanol–water partition coefficient (Wildman–Crippen LogP) is 4.95. The molecule has 0 spiro atoms. The van der Waals surface area contributed by atoms with Gasteiger partial charge in [0.15, 0.2) is 0 Å². The minimum absolute atomic E-state index is 0.133. The standard InChI is InChI=1S/C21H19BrCl2N4O3/c1-2-3-8-25-20(30)21(31)27-28-17-7-4-13(22)9-12(17)10-18(28)19(29)26-14-5-6-15(23)16(24)11-14/h4-7,9-11H,2-3,8H2,1H3,(H,25,30)(H,26,29)(H,27,31). The summed E-state index contributed by atoms with van der Waals surface area (Å²) < 4.78 is 2.09. The van der Waals surface area contributed by atoms with Crippen molar-refractivity contribution < 1.29 is 14.4 Å². The molecule has 0 aliphatic heterocycles. The minimum atomic E-state index is -0.875. The maximum Gasteiger partial charge on any atom is 0.328 e. The SMILES string of the molecule is CCCCNC(=O)C(=O)Nn1c(C(=O)Nc2ccc(Cl)c(Cl)c2)cc2cc(Br)ccc21. The smallest absolute Gasteiger partial charge is 0.328 e. The maximum atomic E-state index is 13.0. The number of rotatable bonds is 6. The molecule has 0 bridgehead atoms. The molecule has 3 rings (SSSR count). The summed E-state index contributed by atoms with van der Waals surface area (Å²) >= 11 is 15.3. The Bertz CT molecular complexity index is 1160. The van der Waals surface area contributed by atoms with Crippen molar-refractivity contribution in [2.75, 3.05) is 17.3 Å². The quantitative estimate of drug-likeness (QED) is 0.314. The number of unbranched alkanes of at least 4 members (excludes halogenated alkanes) is 1. The number of amides is 3. The highest BCUT2D eigenvalue weighted by Gasteiger charge is 2.21. The van der Waals surface area contributed by atoms with Crippen LogP contribution in [0.25, 0.3) is 10.9 Å². The monoisotopic (exact) mass is 524 g/mol. The third-order valence-electron chi connectivity index (χ3n) is 4.41. The Morgan fingerprint density at radius 2 is 1.77 bits per heavy atom. The van der Waals surface area contributed by atoms with Crippen molar-refractivity contribution in [3.05, 3.63) is 62.7 Å². The summed E-state index contributed by atoms with van der Waals surface area (Å²) in [5, 5.41) is 6.62. The van der Waals surface area contributed by atoms with E-state index in [2.05, 4.69) is 32.0 Å². The molecule has 3 N–H and O–H groups in total.